The van der Waals surface area contributed by atoms with Gasteiger partial charge in [-0.2, -0.15) is 0 Å². The SMILES string of the molecule is CC(N)C(=O)OCCCCN1CCOCC1. The summed E-state index contributed by atoms with van der Waals surface area (Å²) in [5, 5.41) is 0. The lowest BCUT2D eigenvalue weighted by atomic mass is 10.3. The van der Waals surface area contributed by atoms with Crippen molar-refractivity contribution in [1.29, 1.82) is 0 Å². The lowest BCUT2D eigenvalue weighted by Gasteiger charge is -2.26. The molecule has 0 aromatic heterocycles. The van der Waals surface area contributed by atoms with E-state index >= 15 is 0 Å². The maximum atomic E-state index is 11.0. The van der Waals surface area contributed by atoms with Gasteiger partial charge in [-0.25, -0.2) is 0 Å². The summed E-state index contributed by atoms with van der Waals surface area (Å²) in [5.41, 5.74) is 5.37. The van der Waals surface area contributed by atoms with Crippen molar-refractivity contribution < 1.29 is 14.3 Å². The fourth-order valence-corrected chi connectivity index (χ4v) is 1.57. The van der Waals surface area contributed by atoms with Gasteiger partial charge in [0.25, 0.3) is 0 Å². The van der Waals surface area contributed by atoms with E-state index in [1.54, 1.807) is 6.92 Å². The third-order valence-electron chi connectivity index (χ3n) is 2.59. The van der Waals surface area contributed by atoms with Crippen molar-refractivity contribution in [3.8, 4) is 0 Å². The first-order valence-corrected chi connectivity index (χ1v) is 5.92. The Morgan fingerprint density at radius 3 is 2.75 bits per heavy atom. The van der Waals surface area contributed by atoms with Crippen molar-refractivity contribution >= 4 is 5.97 Å². The Labute approximate surface area is 96.9 Å². The summed E-state index contributed by atoms with van der Waals surface area (Å²) < 4.78 is 10.2. The number of ether oxygens (including phenoxy) is 2. The first-order valence-electron chi connectivity index (χ1n) is 5.92. The maximum absolute atomic E-state index is 11.0. The largest absolute Gasteiger partial charge is 0.465 e. The quantitative estimate of drug-likeness (QED) is 0.513. The Kier molecular flexibility index (Phi) is 6.37. The van der Waals surface area contributed by atoms with Crippen LogP contribution in [0.1, 0.15) is 19.8 Å². The van der Waals surface area contributed by atoms with E-state index in [9.17, 15) is 4.79 Å². The Morgan fingerprint density at radius 2 is 2.12 bits per heavy atom. The molecule has 0 spiro atoms. The molecule has 1 unspecified atom stereocenters. The van der Waals surface area contributed by atoms with Crippen molar-refractivity contribution in [2.45, 2.75) is 25.8 Å². The third-order valence-corrected chi connectivity index (χ3v) is 2.59. The third kappa shape index (κ3) is 5.44. The average molecular weight is 230 g/mol. The summed E-state index contributed by atoms with van der Waals surface area (Å²) in [6.07, 6.45) is 1.95. The molecule has 5 heteroatoms. The van der Waals surface area contributed by atoms with Crippen LogP contribution in [0.5, 0.6) is 0 Å². The van der Waals surface area contributed by atoms with Crippen LogP contribution >= 0.6 is 0 Å². The number of carbonyl (C=O) groups excluding carboxylic acids is 1. The zero-order valence-electron chi connectivity index (χ0n) is 9.98. The lowest BCUT2D eigenvalue weighted by molar-refractivity contribution is -0.144. The van der Waals surface area contributed by atoms with E-state index in [1.165, 1.54) is 0 Å². The number of morpholine rings is 1. The predicted octanol–water partition coefficient (Wildman–Crippen LogP) is -0.0108. The fraction of sp³-hybridized carbons (Fsp3) is 0.909. The van der Waals surface area contributed by atoms with Crippen LogP contribution < -0.4 is 5.73 Å². The number of nitrogens with two attached hydrogens (primary N) is 1. The van der Waals surface area contributed by atoms with Crippen LogP contribution in [0.3, 0.4) is 0 Å². The summed E-state index contributed by atoms with van der Waals surface area (Å²) in [6, 6.07) is -0.515. The van der Waals surface area contributed by atoms with Gasteiger partial charge in [0.05, 0.1) is 19.8 Å². The molecule has 5 nitrogen and oxygen atoms in total. The average Bonchev–Trinajstić information content (AvgIpc) is 2.29. The van der Waals surface area contributed by atoms with E-state index in [-0.39, 0.29) is 5.97 Å². The zero-order chi connectivity index (χ0) is 11.8. The molecule has 1 aliphatic rings. The number of hydrogen-bond acceptors (Lipinski definition) is 5. The summed E-state index contributed by atoms with van der Waals surface area (Å²) >= 11 is 0. The first kappa shape index (κ1) is 13.4. The molecule has 1 rings (SSSR count). The smallest absolute Gasteiger partial charge is 0.322 e. The molecular weight excluding hydrogens is 208 g/mol. The second kappa shape index (κ2) is 7.60. The van der Waals surface area contributed by atoms with Gasteiger partial charge in [0, 0.05) is 13.1 Å². The topological polar surface area (TPSA) is 64.8 Å². The van der Waals surface area contributed by atoms with Crippen LogP contribution in [-0.4, -0.2) is 56.4 Å². The van der Waals surface area contributed by atoms with Gasteiger partial charge < -0.3 is 15.2 Å². The molecule has 1 fully saturated rings. The minimum absolute atomic E-state index is 0.314. The zero-order valence-corrected chi connectivity index (χ0v) is 9.98. The monoisotopic (exact) mass is 230 g/mol. The van der Waals surface area contributed by atoms with Crippen LogP contribution in [0.4, 0.5) is 0 Å². The molecule has 1 heterocycles. The standard InChI is InChI=1S/C11H22N2O3/c1-10(12)11(14)16-7-3-2-4-13-5-8-15-9-6-13/h10H,2-9,12H2,1H3. The number of nitrogens with zero attached hydrogens (tertiary/aromatic N) is 1. The predicted molar refractivity (Wildman–Crippen MR) is 61.1 cm³/mol. The first-order chi connectivity index (χ1) is 7.70. The Morgan fingerprint density at radius 1 is 1.44 bits per heavy atom. The van der Waals surface area contributed by atoms with Crippen LogP contribution in [0.15, 0.2) is 0 Å². The summed E-state index contributed by atoms with van der Waals surface area (Å²) in [4.78, 5) is 13.4. The molecule has 0 amide bonds. The Hall–Kier alpha value is -0.650. The van der Waals surface area contributed by atoms with Gasteiger partial charge >= 0.3 is 5.97 Å². The highest BCUT2D eigenvalue weighted by Gasteiger charge is 2.10. The molecule has 0 bridgehead atoms. The van der Waals surface area contributed by atoms with Gasteiger partial charge in [-0.1, -0.05) is 0 Å². The van der Waals surface area contributed by atoms with Gasteiger partial charge in [0.15, 0.2) is 0 Å². The van der Waals surface area contributed by atoms with E-state index in [1.807, 2.05) is 0 Å². The van der Waals surface area contributed by atoms with Gasteiger partial charge in [-0.3, -0.25) is 9.69 Å². The molecule has 1 aliphatic heterocycles. The van der Waals surface area contributed by atoms with Gasteiger partial charge in [0.1, 0.15) is 6.04 Å². The lowest BCUT2D eigenvalue weighted by Crippen LogP contribution is -2.37. The maximum Gasteiger partial charge on any atom is 0.322 e. The summed E-state index contributed by atoms with van der Waals surface area (Å²) in [7, 11) is 0. The number of rotatable bonds is 6. The molecule has 0 aliphatic carbocycles. The molecule has 0 radical (unpaired) electrons. The van der Waals surface area contributed by atoms with Gasteiger partial charge in [0.2, 0.25) is 0 Å². The Bertz CT molecular complexity index is 203. The molecule has 2 N–H and O–H groups in total. The Balaban J connectivity index is 1.93. The molecule has 1 atom stereocenters. The highest BCUT2D eigenvalue weighted by molar-refractivity contribution is 5.74. The molecule has 16 heavy (non-hydrogen) atoms. The van der Waals surface area contributed by atoms with Crippen molar-refractivity contribution in [2.75, 3.05) is 39.5 Å². The van der Waals surface area contributed by atoms with Crippen molar-refractivity contribution in [2.24, 2.45) is 5.73 Å². The van der Waals surface area contributed by atoms with Crippen molar-refractivity contribution in [3.63, 3.8) is 0 Å². The molecule has 1 saturated heterocycles. The normalized spacial score (nSPS) is 19.4. The molecule has 0 saturated carbocycles. The number of hydrogen-bond donors (Lipinski definition) is 1. The van der Waals surface area contributed by atoms with E-state index in [2.05, 4.69) is 4.90 Å². The summed E-state index contributed by atoms with van der Waals surface area (Å²) in [5.74, 6) is -0.314. The van der Waals surface area contributed by atoms with E-state index in [0.29, 0.717) is 6.61 Å². The van der Waals surface area contributed by atoms with Gasteiger partial charge in [-0.15, -0.1) is 0 Å². The van der Waals surface area contributed by atoms with Crippen LogP contribution in [-0.2, 0) is 14.3 Å². The molecule has 0 aromatic carbocycles. The number of carbonyl (C=O) groups is 1. The summed E-state index contributed by atoms with van der Waals surface area (Å²) in [6.45, 7) is 6.86. The highest BCUT2D eigenvalue weighted by atomic mass is 16.5. The molecule has 94 valence electrons. The minimum atomic E-state index is -0.515. The van der Waals surface area contributed by atoms with Crippen LogP contribution in [0.25, 0.3) is 0 Å². The number of esters is 1. The second-order valence-corrected chi connectivity index (χ2v) is 4.12. The van der Waals surface area contributed by atoms with Crippen molar-refractivity contribution in [3.05, 3.63) is 0 Å². The van der Waals surface area contributed by atoms with E-state index < -0.39 is 6.04 Å². The molecular formula is C11H22N2O3. The minimum Gasteiger partial charge on any atom is -0.465 e. The fourth-order valence-electron chi connectivity index (χ4n) is 1.57. The second-order valence-electron chi connectivity index (χ2n) is 4.12. The van der Waals surface area contributed by atoms with Crippen LogP contribution in [0.2, 0.25) is 0 Å². The highest BCUT2D eigenvalue weighted by Crippen LogP contribution is 2.00. The molecule has 0 aromatic rings. The van der Waals surface area contributed by atoms with E-state index in [0.717, 1.165) is 45.7 Å². The van der Waals surface area contributed by atoms with E-state index in [4.69, 9.17) is 15.2 Å². The van der Waals surface area contributed by atoms with Gasteiger partial charge in [-0.05, 0) is 26.3 Å². The van der Waals surface area contributed by atoms with Crippen molar-refractivity contribution in [1.82, 2.24) is 4.90 Å². The van der Waals surface area contributed by atoms with Crippen LogP contribution in [0, 0.1) is 0 Å². The number of unbranched alkanes of at least 4 members (excludes halogenated alkanes) is 1.